The summed E-state index contributed by atoms with van der Waals surface area (Å²) in [4.78, 5) is 4.59. The van der Waals surface area contributed by atoms with E-state index < -0.39 is 7.05 Å². The number of hydrogen-bond acceptors (Lipinski definition) is 5. The van der Waals surface area contributed by atoms with Gasteiger partial charge in [-0.3, -0.25) is 0 Å². The standard InChI is InChI=1S/C18H27BN4O/c1-19(24)23(14-15-6-9-21-13-15)17-7-10-22(11-8-17)18-5-3-2-4-16(18)12-20/h2-5,15,17,21,24H,6-11,13-14H2,1H3. The Bertz CT molecular complexity index is 575. The SMILES string of the molecule is CB(O)N(CC1CCNC1)C1CCN(c2ccccc2C#N)CC1. The average molecular weight is 326 g/mol. The van der Waals surface area contributed by atoms with Gasteiger partial charge in [-0.2, -0.15) is 5.26 Å². The van der Waals surface area contributed by atoms with Crippen molar-refractivity contribution in [3.05, 3.63) is 29.8 Å². The van der Waals surface area contributed by atoms with Crippen molar-refractivity contribution < 1.29 is 5.02 Å². The molecule has 1 unspecified atom stereocenters. The smallest absolute Gasteiger partial charge is 0.376 e. The van der Waals surface area contributed by atoms with Crippen LogP contribution in [0.1, 0.15) is 24.8 Å². The Hall–Kier alpha value is -1.55. The lowest BCUT2D eigenvalue weighted by atomic mass is 9.79. The molecule has 3 rings (SSSR count). The second-order valence-electron chi connectivity index (χ2n) is 7.03. The summed E-state index contributed by atoms with van der Waals surface area (Å²) < 4.78 is 0. The van der Waals surface area contributed by atoms with Gasteiger partial charge in [-0.05, 0) is 63.8 Å². The maximum Gasteiger partial charge on any atom is 0.376 e. The summed E-state index contributed by atoms with van der Waals surface area (Å²) in [6.45, 7) is 6.91. The Labute approximate surface area is 145 Å². The van der Waals surface area contributed by atoms with Crippen LogP contribution in [0.25, 0.3) is 0 Å². The van der Waals surface area contributed by atoms with E-state index in [2.05, 4.69) is 21.1 Å². The molecule has 2 aliphatic rings. The lowest BCUT2D eigenvalue weighted by Crippen LogP contribution is -2.52. The summed E-state index contributed by atoms with van der Waals surface area (Å²) >= 11 is 0. The molecule has 0 bridgehead atoms. The topological polar surface area (TPSA) is 62.5 Å². The number of anilines is 1. The van der Waals surface area contributed by atoms with E-state index in [4.69, 9.17) is 0 Å². The zero-order valence-electron chi connectivity index (χ0n) is 14.5. The van der Waals surface area contributed by atoms with Crippen LogP contribution < -0.4 is 10.2 Å². The Morgan fingerprint density at radius 1 is 1.33 bits per heavy atom. The van der Waals surface area contributed by atoms with E-state index in [1.54, 1.807) is 0 Å². The fourth-order valence-electron chi connectivity index (χ4n) is 4.06. The van der Waals surface area contributed by atoms with E-state index in [1.165, 1.54) is 6.42 Å². The van der Waals surface area contributed by atoms with E-state index in [1.807, 2.05) is 31.1 Å². The normalized spacial score (nSPS) is 21.9. The molecule has 2 heterocycles. The van der Waals surface area contributed by atoms with Crippen LogP contribution in [-0.2, 0) is 0 Å². The number of piperidine rings is 1. The monoisotopic (exact) mass is 326 g/mol. The lowest BCUT2D eigenvalue weighted by molar-refractivity contribution is 0.221. The molecule has 6 heteroatoms. The molecule has 0 spiro atoms. The third-order valence-corrected chi connectivity index (χ3v) is 5.41. The molecule has 1 aromatic rings. The third kappa shape index (κ3) is 3.92. The molecule has 1 atom stereocenters. The van der Waals surface area contributed by atoms with E-state index in [9.17, 15) is 10.3 Å². The highest BCUT2D eigenvalue weighted by Gasteiger charge is 2.31. The summed E-state index contributed by atoms with van der Waals surface area (Å²) in [6, 6.07) is 10.6. The number of nitrogens with zero attached hydrogens (tertiary/aromatic N) is 3. The van der Waals surface area contributed by atoms with Gasteiger partial charge in [0.15, 0.2) is 0 Å². The highest BCUT2D eigenvalue weighted by atomic mass is 16.2. The first-order valence-corrected chi connectivity index (χ1v) is 9.07. The Balaban J connectivity index is 1.61. The van der Waals surface area contributed by atoms with Crippen molar-refractivity contribution in [3.8, 4) is 6.07 Å². The Morgan fingerprint density at radius 2 is 2.08 bits per heavy atom. The van der Waals surface area contributed by atoms with Gasteiger partial charge < -0.3 is 20.1 Å². The maximum atomic E-state index is 10.2. The maximum absolute atomic E-state index is 10.2. The minimum Gasteiger partial charge on any atom is -0.437 e. The molecule has 0 aliphatic carbocycles. The van der Waals surface area contributed by atoms with Crippen LogP contribution in [0.2, 0.25) is 6.82 Å². The van der Waals surface area contributed by atoms with Gasteiger partial charge in [0.25, 0.3) is 0 Å². The second-order valence-corrected chi connectivity index (χ2v) is 7.03. The third-order valence-electron chi connectivity index (χ3n) is 5.41. The van der Waals surface area contributed by atoms with Crippen LogP contribution in [0.3, 0.4) is 0 Å². The first kappa shape index (κ1) is 17.3. The van der Waals surface area contributed by atoms with Crippen molar-refractivity contribution in [2.24, 2.45) is 5.92 Å². The minimum atomic E-state index is -0.395. The Kier molecular flexibility index (Phi) is 5.78. The summed E-state index contributed by atoms with van der Waals surface area (Å²) in [7, 11) is -0.395. The zero-order chi connectivity index (χ0) is 16.9. The molecule has 0 amide bonds. The van der Waals surface area contributed by atoms with Crippen LogP contribution in [-0.4, -0.2) is 55.7 Å². The van der Waals surface area contributed by atoms with Crippen molar-refractivity contribution in [3.63, 3.8) is 0 Å². The van der Waals surface area contributed by atoms with Gasteiger partial charge in [0, 0.05) is 19.1 Å². The summed E-state index contributed by atoms with van der Waals surface area (Å²) in [6.07, 6.45) is 3.27. The second kappa shape index (κ2) is 8.02. The zero-order valence-corrected chi connectivity index (χ0v) is 14.5. The first-order valence-electron chi connectivity index (χ1n) is 9.07. The van der Waals surface area contributed by atoms with E-state index in [-0.39, 0.29) is 0 Å². The summed E-state index contributed by atoms with van der Waals surface area (Å²) in [5, 5.41) is 22.9. The van der Waals surface area contributed by atoms with Crippen LogP contribution in [0.15, 0.2) is 24.3 Å². The van der Waals surface area contributed by atoms with E-state index >= 15 is 0 Å². The molecule has 1 aromatic carbocycles. The predicted octanol–water partition coefficient (Wildman–Crippen LogP) is 1.55. The van der Waals surface area contributed by atoms with Gasteiger partial charge >= 0.3 is 7.05 Å². The molecule has 2 aliphatic heterocycles. The quantitative estimate of drug-likeness (QED) is 0.804. The molecule has 2 N–H and O–H groups in total. The fraction of sp³-hybridized carbons (Fsp3) is 0.611. The molecule has 2 fully saturated rings. The largest absolute Gasteiger partial charge is 0.437 e. The molecule has 128 valence electrons. The van der Waals surface area contributed by atoms with Crippen molar-refractivity contribution in [1.82, 2.24) is 10.1 Å². The van der Waals surface area contributed by atoms with Crippen molar-refractivity contribution in [2.45, 2.75) is 32.1 Å². The lowest BCUT2D eigenvalue weighted by Gasteiger charge is -2.41. The van der Waals surface area contributed by atoms with Gasteiger partial charge in [-0.15, -0.1) is 0 Å². The summed E-state index contributed by atoms with van der Waals surface area (Å²) in [5.41, 5.74) is 1.79. The fourth-order valence-corrected chi connectivity index (χ4v) is 4.06. The predicted molar refractivity (Wildman–Crippen MR) is 97.9 cm³/mol. The molecule has 0 aromatic heterocycles. The number of rotatable bonds is 5. The minimum absolute atomic E-state index is 0.395. The van der Waals surface area contributed by atoms with Gasteiger partial charge in [0.2, 0.25) is 0 Å². The van der Waals surface area contributed by atoms with Gasteiger partial charge in [-0.25, -0.2) is 0 Å². The highest BCUT2D eigenvalue weighted by Crippen LogP contribution is 2.26. The molecular formula is C18H27BN4O. The Morgan fingerprint density at radius 3 is 2.71 bits per heavy atom. The molecule has 24 heavy (non-hydrogen) atoms. The highest BCUT2D eigenvalue weighted by molar-refractivity contribution is 6.45. The molecule has 0 saturated carbocycles. The number of nitrogens with one attached hydrogen (secondary N) is 1. The summed E-state index contributed by atoms with van der Waals surface area (Å²) in [5.74, 6) is 0.650. The van der Waals surface area contributed by atoms with E-state index in [0.29, 0.717) is 12.0 Å². The van der Waals surface area contributed by atoms with Crippen molar-refractivity contribution in [1.29, 1.82) is 5.26 Å². The average Bonchev–Trinajstić information content (AvgIpc) is 3.13. The van der Waals surface area contributed by atoms with Crippen LogP contribution >= 0.6 is 0 Å². The molecule has 0 radical (unpaired) electrons. The number of nitriles is 1. The van der Waals surface area contributed by atoms with Crippen molar-refractivity contribution >= 4 is 12.7 Å². The first-order chi connectivity index (χ1) is 11.7. The number of benzene rings is 1. The van der Waals surface area contributed by atoms with Crippen LogP contribution in [0, 0.1) is 17.2 Å². The number of hydrogen-bond donors (Lipinski definition) is 2. The van der Waals surface area contributed by atoms with Crippen molar-refractivity contribution in [2.75, 3.05) is 37.6 Å². The molecule has 5 nitrogen and oxygen atoms in total. The molecule has 2 saturated heterocycles. The van der Waals surface area contributed by atoms with Gasteiger partial charge in [-0.1, -0.05) is 12.1 Å². The number of para-hydroxylation sites is 1. The van der Waals surface area contributed by atoms with Crippen LogP contribution in [0.5, 0.6) is 0 Å². The van der Waals surface area contributed by atoms with Gasteiger partial charge in [0.05, 0.1) is 11.3 Å². The van der Waals surface area contributed by atoms with Gasteiger partial charge in [0.1, 0.15) is 6.07 Å². The van der Waals surface area contributed by atoms with Crippen LogP contribution in [0.4, 0.5) is 5.69 Å². The van der Waals surface area contributed by atoms with E-state index in [0.717, 1.165) is 56.8 Å². The molecular weight excluding hydrogens is 299 g/mol.